The van der Waals surface area contributed by atoms with E-state index >= 15 is 0 Å². The maximum Gasteiger partial charge on any atom is 0.225 e. The Kier molecular flexibility index (Phi) is 7.53. The van der Waals surface area contributed by atoms with Gasteiger partial charge >= 0.3 is 0 Å². The molecule has 6 nitrogen and oxygen atoms in total. The van der Waals surface area contributed by atoms with Crippen LogP contribution in [0.4, 0.5) is 0 Å². The summed E-state index contributed by atoms with van der Waals surface area (Å²) in [6.45, 7) is 4.91. The number of nitrogens with zero attached hydrogens (tertiary/aromatic N) is 2. The normalized spacial score (nSPS) is 18.7. The van der Waals surface area contributed by atoms with Crippen LogP contribution in [0.2, 0.25) is 0 Å². The van der Waals surface area contributed by atoms with Gasteiger partial charge in [-0.3, -0.25) is 14.4 Å². The molecule has 136 valence electrons. The molecule has 0 radical (unpaired) electrons. The van der Waals surface area contributed by atoms with Gasteiger partial charge in [0.15, 0.2) is 0 Å². The third-order valence-electron chi connectivity index (χ3n) is 5.09. The van der Waals surface area contributed by atoms with Crippen LogP contribution in [0.3, 0.4) is 0 Å². The lowest BCUT2D eigenvalue weighted by Crippen LogP contribution is -2.51. The van der Waals surface area contributed by atoms with Crippen molar-refractivity contribution in [2.45, 2.75) is 58.3 Å². The second-order valence-corrected chi connectivity index (χ2v) is 6.98. The third kappa shape index (κ3) is 5.80. The number of amides is 3. The molecular weight excluding hydrogens is 306 g/mol. The van der Waals surface area contributed by atoms with Crippen LogP contribution in [0, 0.1) is 5.92 Å². The smallest absolute Gasteiger partial charge is 0.225 e. The summed E-state index contributed by atoms with van der Waals surface area (Å²) in [6.07, 6.45) is 7.72. The van der Waals surface area contributed by atoms with E-state index in [-0.39, 0.29) is 17.7 Å². The lowest BCUT2D eigenvalue weighted by molar-refractivity contribution is -0.142. The molecule has 1 aliphatic heterocycles. The first-order valence-electron chi connectivity index (χ1n) is 9.39. The number of unbranched alkanes of at least 4 members (excludes halogenated alkanes) is 2. The first-order valence-corrected chi connectivity index (χ1v) is 9.39. The van der Waals surface area contributed by atoms with Crippen LogP contribution in [0.1, 0.15) is 58.3 Å². The number of rotatable bonds is 7. The van der Waals surface area contributed by atoms with E-state index in [1.54, 1.807) is 0 Å². The molecule has 0 aromatic carbocycles. The molecule has 3 amide bonds. The topological polar surface area (TPSA) is 69.7 Å². The molecule has 24 heavy (non-hydrogen) atoms. The molecule has 0 unspecified atom stereocenters. The summed E-state index contributed by atoms with van der Waals surface area (Å²) in [7, 11) is 0. The maximum atomic E-state index is 12.4. The Bertz CT molecular complexity index is 439. The van der Waals surface area contributed by atoms with Crippen LogP contribution >= 0.6 is 0 Å². The van der Waals surface area contributed by atoms with E-state index in [0.29, 0.717) is 45.1 Å². The van der Waals surface area contributed by atoms with E-state index in [4.69, 9.17) is 0 Å². The largest absolute Gasteiger partial charge is 0.356 e. The van der Waals surface area contributed by atoms with Crippen LogP contribution in [0.25, 0.3) is 0 Å². The van der Waals surface area contributed by atoms with Gasteiger partial charge in [0.05, 0.1) is 0 Å². The molecule has 1 aliphatic carbocycles. The number of carbonyl (C=O) groups excluding carboxylic acids is 3. The van der Waals surface area contributed by atoms with Gasteiger partial charge in [0.1, 0.15) is 0 Å². The number of nitrogens with one attached hydrogen (secondary N) is 1. The molecule has 0 bridgehead atoms. The Morgan fingerprint density at radius 2 is 1.54 bits per heavy atom. The van der Waals surface area contributed by atoms with Gasteiger partial charge in [-0.25, -0.2) is 0 Å². The predicted molar refractivity (Wildman–Crippen MR) is 92.3 cm³/mol. The van der Waals surface area contributed by atoms with Crippen LogP contribution < -0.4 is 5.32 Å². The number of hydrogen-bond acceptors (Lipinski definition) is 3. The summed E-state index contributed by atoms with van der Waals surface area (Å²) in [6, 6.07) is 0. The number of carbonyl (C=O) groups is 3. The molecule has 6 heteroatoms. The molecule has 2 aliphatic rings. The summed E-state index contributed by atoms with van der Waals surface area (Å²) in [5, 5.41) is 2.76. The van der Waals surface area contributed by atoms with Crippen molar-refractivity contribution in [2.75, 3.05) is 32.7 Å². The molecule has 1 N–H and O–H groups in total. The Balaban J connectivity index is 1.58. The summed E-state index contributed by atoms with van der Waals surface area (Å²) in [5.41, 5.74) is 0. The highest BCUT2D eigenvalue weighted by molar-refractivity contribution is 5.80. The van der Waals surface area contributed by atoms with E-state index in [0.717, 1.165) is 32.1 Å². The van der Waals surface area contributed by atoms with Gasteiger partial charge in [0, 0.05) is 52.0 Å². The zero-order chi connectivity index (χ0) is 17.4. The molecule has 0 aromatic rings. The highest BCUT2D eigenvalue weighted by Gasteiger charge is 2.30. The summed E-state index contributed by atoms with van der Waals surface area (Å²) in [5.74, 6) is 0.729. The van der Waals surface area contributed by atoms with Crippen LogP contribution in [0.5, 0.6) is 0 Å². The van der Waals surface area contributed by atoms with Gasteiger partial charge in [-0.15, -0.1) is 0 Å². The average Bonchev–Trinajstić information content (AvgIpc) is 3.11. The minimum atomic E-state index is -0.00361. The first-order chi connectivity index (χ1) is 11.6. The van der Waals surface area contributed by atoms with Crippen LogP contribution in [-0.4, -0.2) is 60.2 Å². The zero-order valence-corrected chi connectivity index (χ0v) is 14.9. The second kappa shape index (κ2) is 9.64. The maximum absolute atomic E-state index is 12.4. The monoisotopic (exact) mass is 337 g/mol. The van der Waals surface area contributed by atoms with Crippen molar-refractivity contribution >= 4 is 17.7 Å². The van der Waals surface area contributed by atoms with E-state index in [1.807, 2.05) is 9.80 Å². The van der Waals surface area contributed by atoms with Crippen molar-refractivity contribution in [3.63, 3.8) is 0 Å². The quantitative estimate of drug-likeness (QED) is 0.717. The number of hydrogen-bond donors (Lipinski definition) is 1. The van der Waals surface area contributed by atoms with Crippen LogP contribution in [0.15, 0.2) is 0 Å². The fraction of sp³-hybridized carbons (Fsp3) is 0.833. The Hall–Kier alpha value is -1.59. The van der Waals surface area contributed by atoms with Gasteiger partial charge in [0.25, 0.3) is 0 Å². The molecule has 0 atom stereocenters. The molecule has 0 aromatic heterocycles. The second-order valence-electron chi connectivity index (χ2n) is 6.98. The van der Waals surface area contributed by atoms with Gasteiger partial charge < -0.3 is 15.1 Å². The molecule has 1 saturated carbocycles. The van der Waals surface area contributed by atoms with Crippen molar-refractivity contribution in [3.05, 3.63) is 0 Å². The van der Waals surface area contributed by atoms with E-state index in [9.17, 15) is 14.4 Å². The summed E-state index contributed by atoms with van der Waals surface area (Å²) in [4.78, 5) is 39.2. The Morgan fingerprint density at radius 1 is 0.917 bits per heavy atom. The predicted octanol–water partition coefficient (Wildman–Crippen LogP) is 1.54. The lowest BCUT2D eigenvalue weighted by atomic mass is 10.1. The SMILES string of the molecule is CC(=O)NCCCCCC(=O)N1CCN(C(=O)C2CCCC2)CC1. The molecular formula is C18H31N3O3. The fourth-order valence-corrected chi connectivity index (χ4v) is 3.61. The minimum absolute atomic E-state index is 0.00361. The molecule has 0 spiro atoms. The van der Waals surface area contributed by atoms with E-state index in [2.05, 4.69) is 5.32 Å². The van der Waals surface area contributed by atoms with Gasteiger partial charge in [-0.2, -0.15) is 0 Å². The van der Waals surface area contributed by atoms with Crippen molar-refractivity contribution in [1.82, 2.24) is 15.1 Å². The highest BCUT2D eigenvalue weighted by Crippen LogP contribution is 2.27. The summed E-state index contributed by atoms with van der Waals surface area (Å²) >= 11 is 0. The Morgan fingerprint density at radius 3 is 2.17 bits per heavy atom. The van der Waals surface area contributed by atoms with E-state index < -0.39 is 0 Å². The molecule has 1 heterocycles. The van der Waals surface area contributed by atoms with Crippen molar-refractivity contribution in [3.8, 4) is 0 Å². The standard InChI is InChI=1S/C18H31N3O3/c1-15(22)19-10-6-2-3-9-17(23)20-11-13-21(14-12-20)18(24)16-7-4-5-8-16/h16H,2-14H2,1H3,(H,19,22). The molecule has 2 rings (SSSR count). The minimum Gasteiger partial charge on any atom is -0.356 e. The fourth-order valence-electron chi connectivity index (χ4n) is 3.61. The lowest BCUT2D eigenvalue weighted by Gasteiger charge is -2.36. The average molecular weight is 337 g/mol. The Labute approximate surface area is 144 Å². The van der Waals surface area contributed by atoms with E-state index in [1.165, 1.54) is 19.8 Å². The molecule has 2 fully saturated rings. The van der Waals surface area contributed by atoms with Crippen LogP contribution in [-0.2, 0) is 14.4 Å². The first kappa shape index (κ1) is 18.7. The highest BCUT2D eigenvalue weighted by atomic mass is 16.2. The number of piperazine rings is 1. The third-order valence-corrected chi connectivity index (χ3v) is 5.09. The van der Waals surface area contributed by atoms with Crippen molar-refractivity contribution in [2.24, 2.45) is 5.92 Å². The van der Waals surface area contributed by atoms with Gasteiger partial charge in [0.2, 0.25) is 17.7 Å². The van der Waals surface area contributed by atoms with Gasteiger partial charge in [-0.05, 0) is 25.7 Å². The van der Waals surface area contributed by atoms with Crippen molar-refractivity contribution < 1.29 is 14.4 Å². The summed E-state index contributed by atoms with van der Waals surface area (Å²) < 4.78 is 0. The van der Waals surface area contributed by atoms with Gasteiger partial charge in [-0.1, -0.05) is 19.3 Å². The molecule has 1 saturated heterocycles. The zero-order valence-electron chi connectivity index (χ0n) is 14.9. The van der Waals surface area contributed by atoms with Crippen molar-refractivity contribution in [1.29, 1.82) is 0 Å².